The van der Waals surface area contributed by atoms with Gasteiger partial charge in [0.05, 0.1) is 17.9 Å². The zero-order valence-electron chi connectivity index (χ0n) is 13.6. The van der Waals surface area contributed by atoms with Gasteiger partial charge in [0.25, 0.3) is 0 Å². The molecule has 2 aromatic rings. The first-order valence-corrected chi connectivity index (χ1v) is 9.51. The minimum absolute atomic E-state index is 0.0263. The lowest BCUT2D eigenvalue weighted by Crippen LogP contribution is -2.34. The highest BCUT2D eigenvalue weighted by Gasteiger charge is 2.30. The van der Waals surface area contributed by atoms with Crippen molar-refractivity contribution in [1.82, 2.24) is 9.88 Å². The molecule has 0 saturated carbocycles. The van der Waals surface area contributed by atoms with Gasteiger partial charge in [-0.2, -0.15) is 0 Å². The van der Waals surface area contributed by atoms with E-state index >= 15 is 0 Å². The largest absolute Gasteiger partial charge is 0.357 e. The van der Waals surface area contributed by atoms with Crippen molar-refractivity contribution in [3.05, 3.63) is 40.7 Å². The number of nitrogens with zero attached hydrogens (tertiary/aromatic N) is 3. The molecular formula is C18H22N4OS. The van der Waals surface area contributed by atoms with Gasteiger partial charge in [-0.3, -0.25) is 0 Å². The van der Waals surface area contributed by atoms with E-state index in [2.05, 4.69) is 32.7 Å². The highest BCUT2D eigenvalue weighted by Crippen LogP contribution is 2.34. The molecule has 2 amide bonds. The lowest BCUT2D eigenvalue weighted by atomic mass is 10.2. The average molecular weight is 342 g/mol. The van der Waals surface area contributed by atoms with Crippen LogP contribution in [0.25, 0.3) is 0 Å². The molecule has 1 atom stereocenters. The maximum atomic E-state index is 12.6. The predicted molar refractivity (Wildman–Crippen MR) is 97.7 cm³/mol. The van der Waals surface area contributed by atoms with Crippen LogP contribution in [0.2, 0.25) is 0 Å². The van der Waals surface area contributed by atoms with Gasteiger partial charge in [-0.1, -0.05) is 6.07 Å². The van der Waals surface area contributed by atoms with E-state index in [1.165, 1.54) is 17.7 Å². The number of thiophene rings is 1. The molecule has 0 spiro atoms. The molecule has 5 nitrogen and oxygen atoms in total. The second-order valence-corrected chi connectivity index (χ2v) is 7.38. The molecule has 2 saturated heterocycles. The Balaban J connectivity index is 1.42. The van der Waals surface area contributed by atoms with E-state index in [-0.39, 0.29) is 12.1 Å². The molecule has 6 heteroatoms. The first-order chi connectivity index (χ1) is 11.8. The quantitative estimate of drug-likeness (QED) is 0.913. The van der Waals surface area contributed by atoms with Crippen molar-refractivity contribution < 1.29 is 4.79 Å². The fraction of sp³-hybridized carbons (Fsp3) is 0.444. The summed E-state index contributed by atoms with van der Waals surface area (Å²) in [5.41, 5.74) is 0.764. The standard InChI is InChI=1S/C18H22N4OS/c23-18(22-11-3-5-15(22)16-6-4-12-24-16)20-14-7-8-17(19-13-14)21-9-1-2-10-21/h4,6-8,12-13,15H,1-3,5,9-11H2,(H,20,23)/t15-/m0/s1. The van der Waals surface area contributed by atoms with Crippen molar-refractivity contribution in [3.8, 4) is 0 Å². The van der Waals surface area contributed by atoms with E-state index < -0.39 is 0 Å². The minimum Gasteiger partial charge on any atom is -0.357 e. The number of nitrogens with one attached hydrogen (secondary N) is 1. The predicted octanol–water partition coefficient (Wildman–Crippen LogP) is 4.11. The number of urea groups is 1. The van der Waals surface area contributed by atoms with Crippen LogP contribution < -0.4 is 10.2 Å². The summed E-state index contributed by atoms with van der Waals surface area (Å²) in [4.78, 5) is 22.7. The number of likely N-dealkylation sites (tertiary alicyclic amines) is 1. The second-order valence-electron chi connectivity index (χ2n) is 6.40. The molecule has 2 aliphatic heterocycles. The number of anilines is 2. The summed E-state index contributed by atoms with van der Waals surface area (Å²) in [7, 11) is 0. The number of rotatable bonds is 3. The molecule has 24 heavy (non-hydrogen) atoms. The summed E-state index contributed by atoms with van der Waals surface area (Å²) in [6.45, 7) is 2.97. The van der Waals surface area contributed by atoms with E-state index in [4.69, 9.17) is 0 Å². The topological polar surface area (TPSA) is 48.5 Å². The lowest BCUT2D eigenvalue weighted by molar-refractivity contribution is 0.208. The van der Waals surface area contributed by atoms with Crippen LogP contribution in [0, 0.1) is 0 Å². The van der Waals surface area contributed by atoms with E-state index in [1.54, 1.807) is 17.5 Å². The van der Waals surface area contributed by atoms with Gasteiger partial charge in [0.1, 0.15) is 5.82 Å². The van der Waals surface area contributed by atoms with Crippen LogP contribution in [0.3, 0.4) is 0 Å². The molecule has 0 aliphatic carbocycles. The van der Waals surface area contributed by atoms with E-state index in [9.17, 15) is 4.79 Å². The van der Waals surface area contributed by atoms with Crippen molar-refractivity contribution in [2.45, 2.75) is 31.7 Å². The van der Waals surface area contributed by atoms with Crippen molar-refractivity contribution in [3.63, 3.8) is 0 Å². The monoisotopic (exact) mass is 342 g/mol. The van der Waals surface area contributed by atoms with Gasteiger partial charge in [0.15, 0.2) is 0 Å². The Labute approximate surface area is 146 Å². The Kier molecular flexibility index (Phi) is 4.38. The fourth-order valence-electron chi connectivity index (χ4n) is 3.58. The number of amides is 2. The molecule has 2 aromatic heterocycles. The fourth-order valence-corrected chi connectivity index (χ4v) is 4.45. The van der Waals surface area contributed by atoms with E-state index in [0.29, 0.717) is 0 Å². The number of carbonyl (C=O) groups is 1. The molecule has 2 aliphatic rings. The average Bonchev–Trinajstić information content (AvgIpc) is 3.35. The molecule has 0 unspecified atom stereocenters. The van der Waals surface area contributed by atoms with Gasteiger partial charge in [0.2, 0.25) is 0 Å². The number of hydrogen-bond donors (Lipinski definition) is 1. The molecule has 0 radical (unpaired) electrons. The summed E-state index contributed by atoms with van der Waals surface area (Å²) >= 11 is 1.72. The van der Waals surface area contributed by atoms with E-state index in [0.717, 1.165) is 44.0 Å². The Hall–Kier alpha value is -2.08. The maximum absolute atomic E-state index is 12.6. The SMILES string of the molecule is O=C(Nc1ccc(N2CCCC2)nc1)N1CCC[C@H]1c1cccs1. The maximum Gasteiger partial charge on any atom is 0.322 e. The van der Waals surface area contributed by atoms with Crippen LogP contribution in [0.4, 0.5) is 16.3 Å². The smallest absolute Gasteiger partial charge is 0.322 e. The third-order valence-electron chi connectivity index (χ3n) is 4.81. The Morgan fingerprint density at radius 3 is 2.75 bits per heavy atom. The van der Waals surface area contributed by atoms with Gasteiger partial charge in [-0.05, 0) is 49.3 Å². The minimum atomic E-state index is -0.0263. The van der Waals surface area contributed by atoms with Crippen molar-refractivity contribution in [1.29, 1.82) is 0 Å². The van der Waals surface area contributed by atoms with Crippen LogP contribution in [0.1, 0.15) is 36.6 Å². The molecule has 4 rings (SSSR count). The van der Waals surface area contributed by atoms with Gasteiger partial charge in [-0.15, -0.1) is 11.3 Å². The molecule has 4 heterocycles. The van der Waals surface area contributed by atoms with Crippen LogP contribution in [0.5, 0.6) is 0 Å². The Morgan fingerprint density at radius 2 is 2.04 bits per heavy atom. The molecule has 1 N–H and O–H groups in total. The number of aromatic nitrogens is 1. The lowest BCUT2D eigenvalue weighted by Gasteiger charge is -2.24. The normalized spacial score (nSPS) is 20.6. The third kappa shape index (κ3) is 3.11. The molecule has 2 fully saturated rings. The van der Waals surface area contributed by atoms with Crippen molar-refractivity contribution >= 4 is 28.9 Å². The summed E-state index contributed by atoms with van der Waals surface area (Å²) in [6.07, 6.45) is 6.34. The molecule has 0 bridgehead atoms. The van der Waals surface area contributed by atoms with Gasteiger partial charge in [-0.25, -0.2) is 9.78 Å². The summed E-state index contributed by atoms with van der Waals surface area (Å²) in [5, 5.41) is 5.08. The van der Waals surface area contributed by atoms with Crippen LogP contribution in [-0.4, -0.2) is 35.5 Å². The van der Waals surface area contributed by atoms with Crippen molar-refractivity contribution in [2.75, 3.05) is 29.9 Å². The number of carbonyl (C=O) groups excluding carboxylic acids is 1. The van der Waals surface area contributed by atoms with Crippen LogP contribution in [0.15, 0.2) is 35.8 Å². The van der Waals surface area contributed by atoms with E-state index in [1.807, 2.05) is 17.0 Å². The highest BCUT2D eigenvalue weighted by molar-refractivity contribution is 7.10. The molecule has 126 valence electrons. The first-order valence-electron chi connectivity index (χ1n) is 8.63. The molecular weight excluding hydrogens is 320 g/mol. The Bertz CT molecular complexity index is 680. The third-order valence-corrected chi connectivity index (χ3v) is 5.79. The molecule has 0 aromatic carbocycles. The summed E-state index contributed by atoms with van der Waals surface area (Å²) in [6, 6.07) is 8.31. The second kappa shape index (κ2) is 6.81. The summed E-state index contributed by atoms with van der Waals surface area (Å²) < 4.78 is 0. The Morgan fingerprint density at radius 1 is 1.17 bits per heavy atom. The first kappa shape index (κ1) is 15.4. The van der Waals surface area contributed by atoms with Crippen LogP contribution in [-0.2, 0) is 0 Å². The summed E-state index contributed by atoms with van der Waals surface area (Å²) in [5.74, 6) is 1.00. The van der Waals surface area contributed by atoms with Gasteiger partial charge < -0.3 is 15.1 Å². The van der Waals surface area contributed by atoms with Crippen LogP contribution >= 0.6 is 11.3 Å². The van der Waals surface area contributed by atoms with Crippen molar-refractivity contribution in [2.24, 2.45) is 0 Å². The number of pyridine rings is 1. The number of hydrogen-bond acceptors (Lipinski definition) is 4. The van der Waals surface area contributed by atoms with Gasteiger partial charge >= 0.3 is 6.03 Å². The zero-order valence-corrected chi connectivity index (χ0v) is 14.5. The van der Waals surface area contributed by atoms with Gasteiger partial charge in [0, 0.05) is 24.5 Å². The zero-order chi connectivity index (χ0) is 16.4. The highest BCUT2D eigenvalue weighted by atomic mass is 32.1.